The Balaban J connectivity index is 1.79. The van der Waals surface area contributed by atoms with Crippen LogP contribution >= 0.6 is 11.6 Å². The number of carbonyl (C=O) groups is 1. The van der Waals surface area contributed by atoms with Gasteiger partial charge in [0.1, 0.15) is 5.65 Å². The van der Waals surface area contributed by atoms with E-state index in [4.69, 9.17) is 21.1 Å². The Kier molecular flexibility index (Phi) is 3.31. The monoisotopic (exact) mass is 344 g/mol. The molecule has 120 valence electrons. The van der Waals surface area contributed by atoms with Crippen LogP contribution in [-0.4, -0.2) is 27.3 Å². The van der Waals surface area contributed by atoms with Crippen molar-refractivity contribution < 1.29 is 19.4 Å². The van der Waals surface area contributed by atoms with Crippen molar-refractivity contribution in [3.8, 4) is 11.5 Å². The predicted molar refractivity (Wildman–Crippen MR) is 83.9 cm³/mol. The number of carboxylic acids is 1. The van der Waals surface area contributed by atoms with E-state index in [0.29, 0.717) is 27.9 Å². The van der Waals surface area contributed by atoms with Gasteiger partial charge < -0.3 is 14.6 Å². The molecule has 0 bridgehead atoms. The summed E-state index contributed by atoms with van der Waals surface area (Å²) in [5.74, 6) is 0.0694. The van der Waals surface area contributed by atoms with Gasteiger partial charge in [-0.1, -0.05) is 11.6 Å². The first-order valence-corrected chi connectivity index (χ1v) is 7.22. The zero-order valence-corrected chi connectivity index (χ0v) is 12.8. The standard InChI is InChI=1S/C15H9ClN4O4/c16-8-1-4-12-17-13(15(21)22)14(20(12)6-8)19-18-9-2-3-10-11(5-9)24-7-23-10/h1-6H,7H2,(H,21,22). The summed E-state index contributed by atoms with van der Waals surface area (Å²) in [7, 11) is 0. The Morgan fingerprint density at radius 2 is 2.04 bits per heavy atom. The summed E-state index contributed by atoms with van der Waals surface area (Å²) in [6.45, 7) is 0.158. The third-order valence-electron chi connectivity index (χ3n) is 3.38. The molecule has 1 aliphatic heterocycles. The highest BCUT2D eigenvalue weighted by Gasteiger charge is 2.19. The quantitative estimate of drug-likeness (QED) is 0.728. The highest BCUT2D eigenvalue weighted by molar-refractivity contribution is 6.30. The van der Waals surface area contributed by atoms with Crippen LogP contribution < -0.4 is 9.47 Å². The average Bonchev–Trinajstić information content (AvgIpc) is 3.16. The third kappa shape index (κ3) is 2.42. The van der Waals surface area contributed by atoms with E-state index in [1.54, 1.807) is 30.3 Å². The molecule has 0 aliphatic carbocycles. The molecule has 4 rings (SSSR count). The summed E-state index contributed by atoms with van der Waals surface area (Å²) in [6.07, 6.45) is 1.53. The van der Waals surface area contributed by atoms with Crippen LogP contribution in [0.1, 0.15) is 10.5 Å². The van der Waals surface area contributed by atoms with Gasteiger partial charge in [-0.2, -0.15) is 0 Å². The van der Waals surface area contributed by atoms with Crippen molar-refractivity contribution in [1.82, 2.24) is 9.38 Å². The molecule has 1 aromatic carbocycles. The van der Waals surface area contributed by atoms with Crippen LogP contribution in [0, 0.1) is 0 Å². The molecule has 0 amide bonds. The Morgan fingerprint density at radius 1 is 1.21 bits per heavy atom. The van der Waals surface area contributed by atoms with E-state index >= 15 is 0 Å². The van der Waals surface area contributed by atoms with Crippen molar-refractivity contribution >= 4 is 34.7 Å². The molecule has 0 fully saturated rings. The van der Waals surface area contributed by atoms with E-state index in [1.165, 1.54) is 10.6 Å². The summed E-state index contributed by atoms with van der Waals surface area (Å²) >= 11 is 5.96. The lowest BCUT2D eigenvalue weighted by atomic mass is 10.3. The number of aromatic nitrogens is 2. The van der Waals surface area contributed by atoms with Crippen LogP contribution in [0.3, 0.4) is 0 Å². The zero-order valence-electron chi connectivity index (χ0n) is 12.0. The minimum Gasteiger partial charge on any atom is -0.476 e. The summed E-state index contributed by atoms with van der Waals surface area (Å²) < 4.78 is 12.0. The summed E-state index contributed by atoms with van der Waals surface area (Å²) in [6, 6.07) is 8.28. The predicted octanol–water partition coefficient (Wildman–Crippen LogP) is 3.83. The second-order valence-electron chi connectivity index (χ2n) is 4.90. The minimum atomic E-state index is -1.20. The Morgan fingerprint density at radius 3 is 2.88 bits per heavy atom. The van der Waals surface area contributed by atoms with Crippen molar-refractivity contribution in [2.45, 2.75) is 0 Å². The van der Waals surface area contributed by atoms with E-state index in [1.807, 2.05) is 0 Å². The maximum Gasteiger partial charge on any atom is 0.358 e. The molecule has 3 aromatic rings. The van der Waals surface area contributed by atoms with Gasteiger partial charge in [0, 0.05) is 12.3 Å². The first-order valence-electron chi connectivity index (χ1n) is 6.84. The van der Waals surface area contributed by atoms with E-state index < -0.39 is 5.97 Å². The number of carboxylic acid groups (broad SMARTS) is 1. The van der Waals surface area contributed by atoms with Gasteiger partial charge in [-0.15, -0.1) is 10.2 Å². The van der Waals surface area contributed by atoms with Crippen molar-refractivity contribution in [3.05, 3.63) is 47.2 Å². The van der Waals surface area contributed by atoms with Crippen LogP contribution in [-0.2, 0) is 0 Å². The molecule has 0 saturated carbocycles. The molecule has 0 unspecified atom stereocenters. The van der Waals surface area contributed by atoms with Crippen molar-refractivity contribution in [1.29, 1.82) is 0 Å². The van der Waals surface area contributed by atoms with E-state index in [0.717, 1.165) is 0 Å². The SMILES string of the molecule is O=C(O)c1nc2ccc(Cl)cn2c1N=Nc1ccc2c(c1)OCO2. The van der Waals surface area contributed by atoms with Gasteiger partial charge in [0.05, 0.1) is 10.7 Å². The summed E-state index contributed by atoms with van der Waals surface area (Å²) in [4.78, 5) is 15.4. The maximum atomic E-state index is 11.4. The maximum absolute atomic E-state index is 11.4. The molecule has 0 atom stereocenters. The molecule has 1 N–H and O–H groups in total. The normalized spacial score (nSPS) is 13.0. The summed E-state index contributed by atoms with van der Waals surface area (Å²) in [5.41, 5.74) is 0.700. The van der Waals surface area contributed by atoms with Crippen LogP contribution in [0.2, 0.25) is 5.02 Å². The smallest absolute Gasteiger partial charge is 0.358 e. The highest BCUT2D eigenvalue weighted by atomic mass is 35.5. The number of nitrogens with zero attached hydrogens (tertiary/aromatic N) is 4. The molecule has 0 spiro atoms. The molecule has 3 heterocycles. The zero-order chi connectivity index (χ0) is 16.7. The number of ether oxygens (including phenoxy) is 2. The number of halogens is 1. The van der Waals surface area contributed by atoms with Crippen molar-refractivity contribution in [2.24, 2.45) is 10.2 Å². The molecular formula is C15H9ClN4O4. The minimum absolute atomic E-state index is 0.0812. The lowest BCUT2D eigenvalue weighted by Gasteiger charge is -1.98. The van der Waals surface area contributed by atoms with Gasteiger partial charge in [0.25, 0.3) is 0 Å². The van der Waals surface area contributed by atoms with Crippen LogP contribution in [0.25, 0.3) is 5.65 Å². The summed E-state index contributed by atoms with van der Waals surface area (Å²) in [5, 5.41) is 17.9. The van der Waals surface area contributed by atoms with Crippen molar-refractivity contribution in [3.63, 3.8) is 0 Å². The molecule has 0 saturated heterocycles. The molecule has 8 nitrogen and oxygen atoms in total. The average molecular weight is 345 g/mol. The molecule has 9 heteroatoms. The molecule has 2 aromatic heterocycles. The van der Waals surface area contributed by atoms with E-state index in [2.05, 4.69) is 15.2 Å². The first-order chi connectivity index (χ1) is 11.6. The number of hydrogen-bond acceptors (Lipinski definition) is 6. The van der Waals surface area contributed by atoms with Gasteiger partial charge >= 0.3 is 5.97 Å². The van der Waals surface area contributed by atoms with Gasteiger partial charge in [-0.25, -0.2) is 9.78 Å². The van der Waals surface area contributed by atoms with Gasteiger partial charge in [0.15, 0.2) is 23.0 Å². The number of fused-ring (bicyclic) bond motifs is 2. The lowest BCUT2D eigenvalue weighted by Crippen LogP contribution is -1.96. The van der Waals surface area contributed by atoms with Crippen LogP contribution in [0.4, 0.5) is 11.5 Å². The number of rotatable bonds is 3. The second-order valence-corrected chi connectivity index (χ2v) is 5.34. The number of azo groups is 1. The second kappa shape index (κ2) is 5.50. The molecule has 24 heavy (non-hydrogen) atoms. The fourth-order valence-corrected chi connectivity index (χ4v) is 2.46. The number of pyridine rings is 1. The lowest BCUT2D eigenvalue weighted by molar-refractivity contribution is 0.0692. The Labute approximate surface area is 139 Å². The largest absolute Gasteiger partial charge is 0.476 e. The molecule has 0 radical (unpaired) electrons. The highest BCUT2D eigenvalue weighted by Crippen LogP contribution is 2.36. The van der Waals surface area contributed by atoms with E-state index in [9.17, 15) is 9.90 Å². The Bertz CT molecular complexity index is 999. The van der Waals surface area contributed by atoms with E-state index in [-0.39, 0.29) is 18.3 Å². The molecular weight excluding hydrogens is 336 g/mol. The topological polar surface area (TPSA) is 97.8 Å². The third-order valence-corrected chi connectivity index (χ3v) is 3.60. The number of imidazole rings is 1. The number of benzene rings is 1. The van der Waals surface area contributed by atoms with Crippen molar-refractivity contribution in [2.75, 3.05) is 6.79 Å². The Hall–Kier alpha value is -3.13. The van der Waals surface area contributed by atoms with Gasteiger partial charge in [-0.05, 0) is 24.3 Å². The number of hydrogen-bond donors (Lipinski definition) is 1. The van der Waals surface area contributed by atoms with Gasteiger partial charge in [-0.3, -0.25) is 4.40 Å². The number of aromatic carboxylic acids is 1. The fourth-order valence-electron chi connectivity index (χ4n) is 2.30. The van der Waals surface area contributed by atoms with Crippen LogP contribution in [0.15, 0.2) is 46.8 Å². The first kappa shape index (κ1) is 14.5. The fraction of sp³-hybridized carbons (Fsp3) is 0.0667. The van der Waals surface area contributed by atoms with Gasteiger partial charge in [0.2, 0.25) is 6.79 Å². The van der Waals surface area contributed by atoms with Crippen LogP contribution in [0.5, 0.6) is 11.5 Å². The molecule has 1 aliphatic rings.